The summed E-state index contributed by atoms with van der Waals surface area (Å²) in [4.78, 5) is 0. The highest BCUT2D eigenvalue weighted by atomic mass is 19.4. The molecule has 188 valence electrons. The number of benzene rings is 1. The zero-order chi connectivity index (χ0) is 25.8. The number of para-hydroxylation sites is 1. The molecule has 0 aliphatic heterocycles. The maximum absolute atomic E-state index is 13.1. The largest absolute Gasteiger partial charge is 0.573 e. The van der Waals surface area contributed by atoms with Gasteiger partial charge in [-0.2, -0.15) is 13.2 Å². The molecule has 1 aromatic carbocycles. The van der Waals surface area contributed by atoms with E-state index in [9.17, 15) is 26.3 Å². The van der Waals surface area contributed by atoms with Crippen LogP contribution in [0, 0.1) is 18.8 Å². The second kappa shape index (κ2) is 10.5. The number of terminal acetylenes is 1. The van der Waals surface area contributed by atoms with E-state index in [1.54, 1.807) is 18.2 Å². The van der Waals surface area contributed by atoms with Gasteiger partial charge in [-0.25, -0.2) is 0 Å². The number of hydrogen-bond acceptors (Lipinski definition) is 4. The van der Waals surface area contributed by atoms with Crippen molar-refractivity contribution in [2.45, 2.75) is 50.6 Å². The fourth-order valence-corrected chi connectivity index (χ4v) is 3.57. The molecule has 5 nitrogen and oxygen atoms in total. The van der Waals surface area contributed by atoms with E-state index in [-0.39, 0.29) is 23.1 Å². The van der Waals surface area contributed by atoms with Gasteiger partial charge < -0.3 is 9.47 Å². The maximum atomic E-state index is 13.1. The molecule has 0 spiro atoms. The Labute approximate surface area is 198 Å². The Morgan fingerprint density at radius 1 is 0.943 bits per heavy atom. The van der Waals surface area contributed by atoms with Crippen LogP contribution in [0.5, 0.6) is 11.5 Å². The number of aromatic nitrogens is 3. The van der Waals surface area contributed by atoms with Gasteiger partial charge in [-0.05, 0) is 55.2 Å². The summed E-state index contributed by atoms with van der Waals surface area (Å²) < 4.78 is 85.3. The topological polar surface area (TPSA) is 48.7 Å². The minimum absolute atomic E-state index is 0.0532. The van der Waals surface area contributed by atoms with Crippen LogP contribution in [-0.2, 0) is 12.6 Å². The van der Waals surface area contributed by atoms with Crippen LogP contribution < -0.4 is 9.47 Å². The van der Waals surface area contributed by atoms with Gasteiger partial charge in [0.05, 0.1) is 7.11 Å². The highest BCUT2D eigenvalue weighted by Crippen LogP contribution is 2.45. The number of nitrogens with zero attached hydrogens (tertiary/aromatic N) is 3. The van der Waals surface area contributed by atoms with E-state index in [2.05, 4.69) is 27.8 Å². The molecular formula is C24H23F6N3O2. The van der Waals surface area contributed by atoms with Crippen LogP contribution in [0.3, 0.4) is 0 Å². The Bertz CT molecular complexity index is 1160. The molecule has 2 fully saturated rings. The van der Waals surface area contributed by atoms with Crippen LogP contribution in [0.15, 0.2) is 36.5 Å². The Morgan fingerprint density at radius 3 is 2.14 bits per heavy atom. The first kappa shape index (κ1) is 26.2. The molecule has 11 heteroatoms. The lowest BCUT2D eigenvalue weighted by Gasteiger charge is -2.12. The van der Waals surface area contributed by atoms with Crippen molar-refractivity contribution in [1.29, 1.82) is 0 Å². The first-order valence-electron chi connectivity index (χ1n) is 10.7. The lowest BCUT2D eigenvalue weighted by Crippen LogP contribution is -2.17. The van der Waals surface area contributed by atoms with Crippen molar-refractivity contribution in [2.24, 2.45) is 5.92 Å². The second-order valence-corrected chi connectivity index (χ2v) is 8.07. The zero-order valence-electron chi connectivity index (χ0n) is 18.7. The average Bonchev–Trinajstić information content (AvgIpc) is 3.72. The Balaban J connectivity index is 0.000000190. The van der Waals surface area contributed by atoms with Gasteiger partial charge in [0.25, 0.3) is 0 Å². The predicted octanol–water partition coefficient (Wildman–Crippen LogP) is 6.42. The van der Waals surface area contributed by atoms with E-state index < -0.39 is 18.1 Å². The number of methoxy groups -OCH3 is 1. The molecule has 2 heterocycles. The average molecular weight is 499 g/mol. The maximum Gasteiger partial charge on any atom is 0.573 e. The van der Waals surface area contributed by atoms with Crippen molar-refractivity contribution in [1.82, 2.24) is 14.6 Å². The first-order chi connectivity index (χ1) is 16.6. The SMILES string of the molecule is C#C.COc1ccn2c(CC3CC3)nnc2c1C(F)(F)F.FC(F)(F)Oc1ccccc1C1CC1. The van der Waals surface area contributed by atoms with Crippen LogP contribution in [0.2, 0.25) is 0 Å². The van der Waals surface area contributed by atoms with Gasteiger partial charge in [0.15, 0.2) is 5.65 Å². The molecule has 2 aliphatic carbocycles. The van der Waals surface area contributed by atoms with Crippen LogP contribution >= 0.6 is 0 Å². The Morgan fingerprint density at radius 2 is 1.60 bits per heavy atom. The number of halogens is 6. The summed E-state index contributed by atoms with van der Waals surface area (Å²) in [6.45, 7) is 0. The Hall–Kier alpha value is -3.42. The summed E-state index contributed by atoms with van der Waals surface area (Å²) in [7, 11) is 1.21. The summed E-state index contributed by atoms with van der Waals surface area (Å²) in [5.41, 5.74) is -0.389. The molecule has 35 heavy (non-hydrogen) atoms. The highest BCUT2D eigenvalue weighted by molar-refractivity contribution is 5.56. The molecule has 2 saturated carbocycles. The fourth-order valence-electron chi connectivity index (χ4n) is 3.57. The second-order valence-electron chi connectivity index (χ2n) is 8.07. The van der Waals surface area contributed by atoms with Gasteiger partial charge in [0.1, 0.15) is 22.9 Å². The van der Waals surface area contributed by atoms with Gasteiger partial charge in [0.2, 0.25) is 0 Å². The quantitative estimate of drug-likeness (QED) is 0.300. The van der Waals surface area contributed by atoms with Crippen molar-refractivity contribution in [3.05, 3.63) is 53.5 Å². The normalized spacial score (nSPS) is 15.5. The van der Waals surface area contributed by atoms with E-state index in [0.29, 0.717) is 23.7 Å². The molecule has 2 aliphatic rings. The van der Waals surface area contributed by atoms with Crippen molar-refractivity contribution in [2.75, 3.05) is 7.11 Å². The summed E-state index contributed by atoms with van der Waals surface area (Å²) in [5.74, 6) is 1.08. The molecule has 0 radical (unpaired) electrons. The fraction of sp³-hybridized carbons (Fsp3) is 0.417. The molecule has 2 aromatic heterocycles. The Kier molecular flexibility index (Phi) is 7.83. The number of hydrogen-bond donors (Lipinski definition) is 0. The third kappa shape index (κ3) is 6.81. The van der Waals surface area contributed by atoms with Crippen LogP contribution in [0.25, 0.3) is 5.65 Å². The molecule has 0 amide bonds. The first-order valence-corrected chi connectivity index (χ1v) is 10.7. The van der Waals surface area contributed by atoms with Crippen LogP contribution in [0.1, 0.15) is 48.6 Å². The van der Waals surface area contributed by atoms with Crippen molar-refractivity contribution in [3.8, 4) is 24.3 Å². The minimum Gasteiger partial charge on any atom is -0.496 e. The number of rotatable bonds is 5. The summed E-state index contributed by atoms with van der Waals surface area (Å²) in [6, 6.07) is 7.64. The van der Waals surface area contributed by atoms with Gasteiger partial charge in [-0.15, -0.1) is 36.2 Å². The van der Waals surface area contributed by atoms with Crippen LogP contribution in [-0.4, -0.2) is 28.1 Å². The minimum atomic E-state index is -4.59. The van der Waals surface area contributed by atoms with Crippen molar-refractivity contribution < 1.29 is 35.8 Å². The molecule has 5 rings (SSSR count). The molecular weight excluding hydrogens is 476 g/mol. The van der Waals surface area contributed by atoms with E-state index in [1.807, 2.05) is 0 Å². The number of ether oxygens (including phenoxy) is 2. The third-order valence-electron chi connectivity index (χ3n) is 5.44. The standard InChI is InChI=1S/C12H12F3N3O.C10H9F3O.C2H2/c1-19-8-4-5-18-9(6-7-2-3-7)16-17-11(18)10(8)12(13,14)15;11-10(12,13)14-9-4-2-1-3-8(9)7-5-6-7;1-2/h4-5,7H,2-3,6H2,1H3;1-4,7H,5-6H2;1-2H. The van der Waals surface area contributed by atoms with Crippen molar-refractivity contribution in [3.63, 3.8) is 0 Å². The third-order valence-corrected chi connectivity index (χ3v) is 5.44. The van der Waals surface area contributed by atoms with Crippen molar-refractivity contribution >= 4 is 5.65 Å². The van der Waals surface area contributed by atoms with E-state index in [1.165, 1.54) is 29.8 Å². The van der Waals surface area contributed by atoms with E-state index in [4.69, 9.17) is 4.74 Å². The number of alkyl halides is 6. The van der Waals surface area contributed by atoms with Gasteiger partial charge in [-0.3, -0.25) is 4.40 Å². The predicted molar refractivity (Wildman–Crippen MR) is 116 cm³/mol. The lowest BCUT2D eigenvalue weighted by molar-refractivity contribution is -0.274. The molecule has 3 aromatic rings. The van der Waals surface area contributed by atoms with E-state index in [0.717, 1.165) is 25.7 Å². The summed E-state index contributed by atoms with van der Waals surface area (Å²) >= 11 is 0. The van der Waals surface area contributed by atoms with E-state index >= 15 is 0 Å². The molecule has 0 unspecified atom stereocenters. The monoisotopic (exact) mass is 499 g/mol. The smallest absolute Gasteiger partial charge is 0.496 e. The lowest BCUT2D eigenvalue weighted by atomic mass is 10.1. The summed E-state index contributed by atoms with van der Waals surface area (Å²) in [6.07, 6.45) is 5.22. The molecule has 0 saturated heterocycles. The molecule has 0 bridgehead atoms. The highest BCUT2D eigenvalue weighted by Gasteiger charge is 2.39. The van der Waals surface area contributed by atoms with Gasteiger partial charge >= 0.3 is 12.5 Å². The number of fused-ring (bicyclic) bond motifs is 1. The molecule has 0 atom stereocenters. The number of pyridine rings is 1. The van der Waals surface area contributed by atoms with Gasteiger partial charge in [0, 0.05) is 12.6 Å². The zero-order valence-corrected chi connectivity index (χ0v) is 18.7. The van der Waals surface area contributed by atoms with Gasteiger partial charge in [-0.1, -0.05) is 18.2 Å². The van der Waals surface area contributed by atoms with Crippen LogP contribution in [0.4, 0.5) is 26.3 Å². The summed E-state index contributed by atoms with van der Waals surface area (Å²) in [5, 5.41) is 7.57. The molecule has 0 N–H and O–H groups in total.